The van der Waals surface area contributed by atoms with Gasteiger partial charge >= 0.3 is 0 Å². The molecule has 0 saturated heterocycles. The highest BCUT2D eigenvalue weighted by atomic mass is 15.1. The quantitative estimate of drug-likeness (QED) is 0.827. The maximum atomic E-state index is 4.46. The number of nitrogens with zero attached hydrogens (tertiary/aromatic N) is 3. The summed E-state index contributed by atoms with van der Waals surface area (Å²) in [5.74, 6) is 0.888. The Labute approximate surface area is 93.3 Å². The maximum absolute atomic E-state index is 4.46. The fourth-order valence-corrected chi connectivity index (χ4v) is 1.76. The first-order valence-corrected chi connectivity index (χ1v) is 5.16. The zero-order valence-electron chi connectivity index (χ0n) is 9.23. The Balaban J connectivity index is 2.20. The molecule has 2 aromatic rings. The molecule has 2 heterocycles. The summed E-state index contributed by atoms with van der Waals surface area (Å²) in [6.07, 6.45) is 7.86. The van der Waals surface area contributed by atoms with E-state index in [1.807, 2.05) is 38.4 Å². The summed E-state index contributed by atoms with van der Waals surface area (Å²) in [7, 11) is 4.02. The van der Waals surface area contributed by atoms with Crippen LogP contribution in [-0.4, -0.2) is 29.0 Å². The van der Waals surface area contributed by atoms with Gasteiger partial charge < -0.3 is 9.88 Å². The zero-order valence-corrected chi connectivity index (χ0v) is 9.23. The van der Waals surface area contributed by atoms with Gasteiger partial charge in [-0.3, -0.25) is 0 Å². The summed E-state index contributed by atoms with van der Waals surface area (Å²) < 4.78 is 0. The predicted octanol–water partition coefficient (Wildman–Crippen LogP) is 1.98. The summed E-state index contributed by atoms with van der Waals surface area (Å²) in [5.41, 5.74) is 3.99. The molecule has 4 nitrogen and oxygen atoms in total. The van der Waals surface area contributed by atoms with Gasteiger partial charge in [0.15, 0.2) is 5.65 Å². The van der Waals surface area contributed by atoms with Gasteiger partial charge in [-0.25, -0.2) is 9.97 Å². The van der Waals surface area contributed by atoms with Gasteiger partial charge in [-0.15, -0.1) is 0 Å². The first kappa shape index (κ1) is 9.15. The fraction of sp³-hybridized carbons (Fsp3) is 0.167. The highest BCUT2D eigenvalue weighted by Crippen LogP contribution is 2.26. The molecule has 0 aliphatic heterocycles. The van der Waals surface area contributed by atoms with E-state index in [9.17, 15) is 0 Å². The van der Waals surface area contributed by atoms with Gasteiger partial charge in [-0.1, -0.05) is 18.2 Å². The van der Waals surface area contributed by atoms with Gasteiger partial charge in [0.25, 0.3) is 0 Å². The number of hydrogen-bond acceptors (Lipinski definition) is 3. The van der Waals surface area contributed by atoms with Crippen LogP contribution < -0.4 is 4.90 Å². The molecular formula is C12H12N4. The van der Waals surface area contributed by atoms with Crippen molar-refractivity contribution >= 4 is 22.4 Å². The number of imidazole rings is 1. The summed E-state index contributed by atoms with van der Waals surface area (Å²) in [6, 6.07) is 1.98. The molecule has 1 aliphatic rings. The molecule has 3 rings (SSSR count). The lowest BCUT2D eigenvalue weighted by Crippen LogP contribution is -2.09. The number of aromatic nitrogens is 3. The number of nitrogens with one attached hydrogen (secondary N) is 1. The molecule has 1 N–H and O–H groups in total. The van der Waals surface area contributed by atoms with Crippen LogP contribution in [0.25, 0.3) is 16.7 Å². The van der Waals surface area contributed by atoms with Crippen LogP contribution in [-0.2, 0) is 0 Å². The summed E-state index contributed by atoms with van der Waals surface area (Å²) in [6.45, 7) is 0. The summed E-state index contributed by atoms with van der Waals surface area (Å²) in [4.78, 5) is 14.1. The molecule has 80 valence electrons. The third-order valence-corrected chi connectivity index (χ3v) is 2.68. The zero-order chi connectivity index (χ0) is 11.1. The number of pyridine rings is 1. The fourth-order valence-electron chi connectivity index (χ4n) is 1.76. The average Bonchev–Trinajstić information content (AvgIpc) is 2.56. The van der Waals surface area contributed by atoms with E-state index in [0.29, 0.717) is 0 Å². The second-order valence-corrected chi connectivity index (χ2v) is 3.99. The third kappa shape index (κ3) is 1.23. The van der Waals surface area contributed by atoms with Crippen LogP contribution in [0.2, 0.25) is 0 Å². The van der Waals surface area contributed by atoms with Crippen molar-refractivity contribution in [3.05, 3.63) is 36.3 Å². The summed E-state index contributed by atoms with van der Waals surface area (Å²) in [5, 5.41) is 0. The number of anilines is 1. The second kappa shape index (κ2) is 3.20. The highest BCUT2D eigenvalue weighted by molar-refractivity contribution is 5.89. The molecular weight excluding hydrogens is 200 g/mol. The Hall–Kier alpha value is -2.10. The first-order valence-electron chi connectivity index (χ1n) is 5.16. The molecule has 0 atom stereocenters. The minimum Gasteiger partial charge on any atom is -0.376 e. The van der Waals surface area contributed by atoms with E-state index in [0.717, 1.165) is 28.2 Å². The smallest absolute Gasteiger partial charge is 0.180 e. The van der Waals surface area contributed by atoms with E-state index in [2.05, 4.69) is 19.9 Å². The molecule has 0 unspecified atom stereocenters. The van der Waals surface area contributed by atoms with Crippen LogP contribution in [0.3, 0.4) is 0 Å². The standard InChI is InChI=1S/C12H12N4/c1-16(2)9-6-7-13-12-10(9)14-11(15-12)8-4-3-5-8/h3-7H,1-2H3,(H,13,14,15). The van der Waals surface area contributed by atoms with Crippen LogP contribution in [0.15, 0.2) is 30.5 Å². The Bertz CT molecular complexity index is 605. The van der Waals surface area contributed by atoms with E-state index in [4.69, 9.17) is 0 Å². The van der Waals surface area contributed by atoms with Gasteiger partial charge in [0.2, 0.25) is 0 Å². The Morgan fingerprint density at radius 1 is 1.31 bits per heavy atom. The maximum Gasteiger partial charge on any atom is 0.180 e. The second-order valence-electron chi connectivity index (χ2n) is 3.99. The Morgan fingerprint density at radius 2 is 2.12 bits per heavy atom. The van der Waals surface area contributed by atoms with E-state index in [1.54, 1.807) is 6.20 Å². The van der Waals surface area contributed by atoms with Crippen LogP contribution in [0.4, 0.5) is 5.69 Å². The number of fused-ring (bicyclic) bond motifs is 1. The SMILES string of the molecule is CN(C)c1ccnc2nc(C3=CC=C3)[nH]c12. The monoisotopic (exact) mass is 212 g/mol. The number of hydrogen-bond donors (Lipinski definition) is 1. The topological polar surface area (TPSA) is 44.8 Å². The van der Waals surface area contributed by atoms with Gasteiger partial charge in [0.05, 0.1) is 5.69 Å². The van der Waals surface area contributed by atoms with Crippen molar-refractivity contribution in [3.8, 4) is 0 Å². The van der Waals surface area contributed by atoms with Crippen LogP contribution in [0, 0.1) is 0 Å². The lowest BCUT2D eigenvalue weighted by atomic mass is 10.1. The molecule has 0 spiro atoms. The van der Waals surface area contributed by atoms with Crippen molar-refractivity contribution < 1.29 is 0 Å². The van der Waals surface area contributed by atoms with Crippen molar-refractivity contribution in [2.45, 2.75) is 0 Å². The van der Waals surface area contributed by atoms with E-state index >= 15 is 0 Å². The van der Waals surface area contributed by atoms with Crippen LogP contribution in [0.5, 0.6) is 0 Å². The van der Waals surface area contributed by atoms with Gasteiger partial charge in [0.1, 0.15) is 11.3 Å². The number of aromatic amines is 1. The normalized spacial score (nSPS) is 13.8. The first-order chi connectivity index (χ1) is 7.75. The lowest BCUT2D eigenvalue weighted by Gasteiger charge is -2.12. The van der Waals surface area contributed by atoms with Crippen LogP contribution >= 0.6 is 0 Å². The number of allylic oxidation sites excluding steroid dienone is 4. The molecule has 16 heavy (non-hydrogen) atoms. The largest absolute Gasteiger partial charge is 0.376 e. The van der Waals surface area contributed by atoms with E-state index in [1.165, 1.54) is 0 Å². The van der Waals surface area contributed by atoms with E-state index in [-0.39, 0.29) is 0 Å². The molecule has 0 radical (unpaired) electrons. The molecule has 0 saturated carbocycles. The minimum atomic E-state index is 0.766. The van der Waals surface area contributed by atoms with Crippen molar-refractivity contribution in [2.24, 2.45) is 0 Å². The van der Waals surface area contributed by atoms with Gasteiger partial charge in [0, 0.05) is 25.9 Å². The van der Waals surface area contributed by atoms with Gasteiger partial charge in [-0.05, 0) is 6.07 Å². The van der Waals surface area contributed by atoms with E-state index < -0.39 is 0 Å². The molecule has 2 aromatic heterocycles. The molecule has 0 bridgehead atoms. The molecule has 4 heteroatoms. The number of H-pyrrole nitrogens is 1. The van der Waals surface area contributed by atoms with Crippen molar-refractivity contribution in [1.82, 2.24) is 15.0 Å². The van der Waals surface area contributed by atoms with Crippen molar-refractivity contribution in [2.75, 3.05) is 19.0 Å². The molecule has 1 aliphatic carbocycles. The predicted molar refractivity (Wildman–Crippen MR) is 65.3 cm³/mol. The third-order valence-electron chi connectivity index (χ3n) is 2.68. The van der Waals surface area contributed by atoms with Crippen LogP contribution in [0.1, 0.15) is 5.82 Å². The Kier molecular flexibility index (Phi) is 1.83. The lowest BCUT2D eigenvalue weighted by molar-refractivity contribution is 1.13. The van der Waals surface area contributed by atoms with Crippen molar-refractivity contribution in [1.29, 1.82) is 0 Å². The molecule has 0 amide bonds. The minimum absolute atomic E-state index is 0.766. The summed E-state index contributed by atoms with van der Waals surface area (Å²) >= 11 is 0. The average molecular weight is 212 g/mol. The van der Waals surface area contributed by atoms with Crippen molar-refractivity contribution in [3.63, 3.8) is 0 Å². The Morgan fingerprint density at radius 3 is 2.75 bits per heavy atom. The number of rotatable bonds is 2. The molecule has 0 aromatic carbocycles. The highest BCUT2D eigenvalue weighted by Gasteiger charge is 2.12. The van der Waals surface area contributed by atoms with Gasteiger partial charge in [-0.2, -0.15) is 0 Å². The molecule has 0 fully saturated rings.